The van der Waals surface area contributed by atoms with Crippen molar-refractivity contribution in [3.8, 4) is 33.4 Å². The third-order valence-corrected chi connectivity index (χ3v) is 14.0. The molecule has 1 aliphatic rings. The van der Waals surface area contributed by atoms with Crippen LogP contribution in [0.4, 0.5) is 0 Å². The Balaban J connectivity index is 0.000000164. The Morgan fingerprint density at radius 2 is 0.973 bits per heavy atom. The van der Waals surface area contributed by atoms with Crippen LogP contribution < -0.4 is 0 Å². The summed E-state index contributed by atoms with van der Waals surface area (Å²) in [5, 5.41) is 2.62. The molecule has 1 aliphatic carbocycles. The van der Waals surface area contributed by atoms with Crippen molar-refractivity contribution in [2.24, 2.45) is 0 Å². The second-order valence-electron chi connectivity index (χ2n) is 19.7. The summed E-state index contributed by atoms with van der Waals surface area (Å²) >= 11 is 0. The molecule has 0 N–H and O–H groups in total. The van der Waals surface area contributed by atoms with Crippen LogP contribution in [0.5, 0.6) is 0 Å². The second-order valence-corrected chi connectivity index (χ2v) is 19.7. The molecule has 2 unspecified atom stereocenters. The highest BCUT2D eigenvalue weighted by atomic mass is 14.4. The number of aryl methyl sites for hydroxylation is 5. The molecule has 0 radical (unpaired) electrons. The minimum absolute atomic E-state index is 0.105. The van der Waals surface area contributed by atoms with Gasteiger partial charge < -0.3 is 0 Å². The highest BCUT2D eigenvalue weighted by Crippen LogP contribution is 2.51. The fourth-order valence-corrected chi connectivity index (χ4v) is 9.55. The zero-order chi connectivity index (χ0) is 52.3. The summed E-state index contributed by atoms with van der Waals surface area (Å²) in [6, 6.07) is 75.9. The summed E-state index contributed by atoms with van der Waals surface area (Å²) in [6.45, 7) is 27.9. The normalized spacial score (nSPS) is 13.7. The summed E-state index contributed by atoms with van der Waals surface area (Å²) < 4.78 is 0. The Bertz CT molecular complexity index is 3200. The van der Waals surface area contributed by atoms with Crippen molar-refractivity contribution in [3.05, 3.63) is 293 Å². The summed E-state index contributed by atoms with van der Waals surface area (Å²) in [7, 11) is 0. The van der Waals surface area contributed by atoms with E-state index in [9.17, 15) is 0 Å². The Morgan fingerprint density at radius 3 is 1.56 bits per heavy atom. The first-order chi connectivity index (χ1) is 35.3. The second kappa shape index (κ2) is 26.8. The third-order valence-electron chi connectivity index (χ3n) is 14.0. The predicted molar refractivity (Wildman–Crippen MR) is 323 cm³/mol. The zero-order valence-corrected chi connectivity index (χ0v) is 45.6. The van der Waals surface area contributed by atoms with Gasteiger partial charge in [-0.3, -0.25) is 0 Å². The average Bonchev–Trinajstić information content (AvgIpc) is 3.64. The van der Waals surface area contributed by atoms with Crippen molar-refractivity contribution in [3.63, 3.8) is 0 Å². The van der Waals surface area contributed by atoms with E-state index in [4.69, 9.17) is 0 Å². The smallest absolute Gasteiger partial charge is 0.0432 e. The van der Waals surface area contributed by atoms with Gasteiger partial charge in [0, 0.05) is 5.41 Å². The number of benzene rings is 9. The first-order valence-corrected chi connectivity index (χ1v) is 26.3. The minimum atomic E-state index is -0.105. The number of fused-ring (bicyclic) bond motifs is 2. The van der Waals surface area contributed by atoms with Crippen molar-refractivity contribution in [1.82, 2.24) is 0 Å². The van der Waals surface area contributed by atoms with Crippen LogP contribution >= 0.6 is 0 Å². The number of hydrogen-bond acceptors (Lipinski definition) is 0. The molecular formula is C73H78. The quantitative estimate of drug-likeness (QED) is 0.133. The van der Waals surface area contributed by atoms with E-state index >= 15 is 0 Å². The molecule has 9 aromatic carbocycles. The summed E-state index contributed by atoms with van der Waals surface area (Å²) in [4.78, 5) is 0. The van der Waals surface area contributed by atoms with Gasteiger partial charge in [0.15, 0.2) is 0 Å². The van der Waals surface area contributed by atoms with E-state index in [1.807, 2.05) is 18.2 Å². The van der Waals surface area contributed by atoms with Crippen LogP contribution in [0.15, 0.2) is 243 Å². The van der Waals surface area contributed by atoms with E-state index in [0.717, 1.165) is 0 Å². The molecule has 0 aromatic heterocycles. The van der Waals surface area contributed by atoms with Crippen LogP contribution in [0.1, 0.15) is 110 Å². The van der Waals surface area contributed by atoms with E-state index in [-0.39, 0.29) is 5.41 Å². The average molecular weight is 955 g/mol. The van der Waals surface area contributed by atoms with Crippen LogP contribution in [0.25, 0.3) is 49.7 Å². The maximum atomic E-state index is 3.82. The number of allylic oxidation sites excluding steroid dienone is 5. The molecule has 10 rings (SSSR count). The van der Waals surface area contributed by atoms with Crippen LogP contribution in [-0.4, -0.2) is 0 Å². The Morgan fingerprint density at radius 1 is 0.479 bits per heavy atom. The highest BCUT2D eigenvalue weighted by molar-refractivity contribution is 5.99. The predicted octanol–water partition coefficient (Wildman–Crippen LogP) is 21.2. The summed E-state index contributed by atoms with van der Waals surface area (Å²) in [5.74, 6) is 0.709. The lowest BCUT2D eigenvalue weighted by molar-refractivity contribution is 0.706. The molecule has 0 heterocycles. The number of rotatable bonds is 8. The molecule has 370 valence electrons. The molecule has 0 nitrogen and oxygen atoms in total. The maximum absolute atomic E-state index is 3.82. The molecule has 0 saturated heterocycles. The molecule has 0 saturated carbocycles. The molecule has 0 aliphatic heterocycles. The van der Waals surface area contributed by atoms with Gasteiger partial charge in [-0.05, 0) is 156 Å². The molecule has 0 amide bonds. The van der Waals surface area contributed by atoms with Gasteiger partial charge in [0.2, 0.25) is 0 Å². The lowest BCUT2D eigenvalue weighted by atomic mass is 9.73. The maximum Gasteiger partial charge on any atom is 0.0432 e. The fraction of sp³-hybridized carbons (Fsp3) is 0.205. The van der Waals surface area contributed by atoms with Crippen LogP contribution in [0, 0.1) is 34.6 Å². The van der Waals surface area contributed by atoms with Gasteiger partial charge in [-0.1, -0.05) is 282 Å². The molecular weight excluding hydrogens is 877 g/mol. The van der Waals surface area contributed by atoms with Gasteiger partial charge in [-0.25, -0.2) is 0 Å². The fourth-order valence-electron chi connectivity index (χ4n) is 9.55. The van der Waals surface area contributed by atoms with Gasteiger partial charge in [-0.2, -0.15) is 0 Å². The van der Waals surface area contributed by atoms with E-state index < -0.39 is 0 Å². The first-order valence-electron chi connectivity index (χ1n) is 26.3. The number of hydrogen-bond donors (Lipinski definition) is 0. The van der Waals surface area contributed by atoms with E-state index in [1.165, 1.54) is 118 Å². The largest absolute Gasteiger partial charge is 0.0991 e. The van der Waals surface area contributed by atoms with Crippen LogP contribution in [-0.2, 0) is 5.41 Å². The summed E-state index contributed by atoms with van der Waals surface area (Å²) in [6.07, 6.45) is 8.58. The van der Waals surface area contributed by atoms with Gasteiger partial charge in [0.05, 0.1) is 0 Å². The molecule has 2 atom stereocenters. The molecule has 0 fully saturated rings. The van der Waals surface area contributed by atoms with E-state index in [1.54, 1.807) is 0 Å². The molecule has 0 heteroatoms. The van der Waals surface area contributed by atoms with Crippen LogP contribution in [0.3, 0.4) is 0 Å². The van der Waals surface area contributed by atoms with Gasteiger partial charge in [0.25, 0.3) is 0 Å². The van der Waals surface area contributed by atoms with E-state index in [0.29, 0.717) is 5.92 Å². The molecule has 73 heavy (non-hydrogen) atoms. The lowest BCUT2D eigenvalue weighted by Crippen LogP contribution is -2.23. The van der Waals surface area contributed by atoms with Crippen molar-refractivity contribution in [1.29, 1.82) is 0 Å². The SMILES string of the molecule is C=C/C=C\C1=C(C)c2ccc(C)cc2C1(C)c1ccccc1.CCC.CCC(C)c1ccccc1.Cc1ccc(-c2ccc(C)c(-c3c(C)ccc4ccccc34)c2)cc1.Cc1ccc(-c2ccccc2)cc1. The van der Waals surface area contributed by atoms with Crippen molar-refractivity contribution in [2.75, 3.05) is 0 Å². The lowest BCUT2D eigenvalue weighted by Gasteiger charge is -2.29. The van der Waals surface area contributed by atoms with Crippen LogP contribution in [0.2, 0.25) is 0 Å². The molecule has 0 spiro atoms. The van der Waals surface area contributed by atoms with E-state index in [2.05, 4.69) is 295 Å². The summed E-state index contributed by atoms with van der Waals surface area (Å²) in [5.41, 5.74) is 22.5. The Labute approximate surface area is 440 Å². The highest BCUT2D eigenvalue weighted by Gasteiger charge is 2.40. The van der Waals surface area contributed by atoms with Gasteiger partial charge in [0.1, 0.15) is 0 Å². The van der Waals surface area contributed by atoms with Gasteiger partial charge in [-0.15, -0.1) is 0 Å². The Hall–Kier alpha value is -7.54. The first kappa shape index (κ1) is 54.8. The zero-order valence-electron chi connectivity index (χ0n) is 45.6. The van der Waals surface area contributed by atoms with Gasteiger partial charge >= 0.3 is 0 Å². The topological polar surface area (TPSA) is 0 Å². The Kier molecular flexibility index (Phi) is 20.1. The van der Waals surface area contributed by atoms with Crippen molar-refractivity contribution < 1.29 is 0 Å². The molecule has 9 aromatic rings. The van der Waals surface area contributed by atoms with Crippen molar-refractivity contribution >= 4 is 16.3 Å². The minimum Gasteiger partial charge on any atom is -0.0991 e. The van der Waals surface area contributed by atoms with Crippen molar-refractivity contribution in [2.45, 2.75) is 100 Å². The standard InChI is InChI=1S/C25H22.C22H22.C13H12.C10H14.C3H8/c1-17-8-12-20(13-9-17)22-15-10-18(2)24(16-22)25-19(3)11-14-21-6-4-5-7-23(21)25;1-5-6-12-20-17(3)19-14-13-16(2)15-21(19)22(20,4)18-10-8-7-9-11-18;1-11-7-9-13(10-8-11)12-5-3-2-4-6-12;1-3-9(2)10-7-5-4-6-8-10;1-3-2/h4-16H,1-3H3;5-15H,1H2,2-4H3;2-10H,1H3;4-9H,3H2,1-2H3;3H2,1-2H3/b;12-6-;;;. The molecule has 0 bridgehead atoms. The third kappa shape index (κ3) is 13.9. The monoisotopic (exact) mass is 955 g/mol.